The van der Waals surface area contributed by atoms with Crippen LogP contribution >= 0.6 is 0 Å². The van der Waals surface area contributed by atoms with E-state index in [-0.39, 0.29) is 5.78 Å². The van der Waals surface area contributed by atoms with Crippen LogP contribution in [0.4, 0.5) is 0 Å². The van der Waals surface area contributed by atoms with Crippen molar-refractivity contribution in [3.63, 3.8) is 0 Å². The lowest BCUT2D eigenvalue weighted by Gasteiger charge is -2.11. The van der Waals surface area contributed by atoms with Crippen LogP contribution in [0.2, 0.25) is 0 Å². The number of ether oxygens (including phenoxy) is 2. The monoisotopic (exact) mass is 260 g/mol. The summed E-state index contributed by atoms with van der Waals surface area (Å²) >= 11 is 0. The van der Waals surface area contributed by atoms with Gasteiger partial charge < -0.3 is 14.0 Å². The van der Waals surface area contributed by atoms with Crippen molar-refractivity contribution in [3.8, 4) is 11.5 Å². The molecule has 0 aliphatic rings. The molecular weight excluding hydrogens is 244 g/mol. The molecule has 0 fully saturated rings. The van der Waals surface area contributed by atoms with Crippen molar-refractivity contribution in [2.45, 2.75) is 13.5 Å². The number of carbonyl (C=O) groups excluding carboxylic acids is 1. The molecule has 0 atom stereocenters. The summed E-state index contributed by atoms with van der Waals surface area (Å²) in [7, 11) is 1.58. The molecule has 0 radical (unpaired) electrons. The Kier molecular flexibility index (Phi) is 4.18. The number of hydrogen-bond acceptors (Lipinski definition) is 4. The molecule has 0 aliphatic carbocycles. The zero-order valence-corrected chi connectivity index (χ0v) is 11.0. The molecule has 0 saturated carbocycles. The van der Waals surface area contributed by atoms with E-state index in [4.69, 9.17) is 9.47 Å². The molecule has 19 heavy (non-hydrogen) atoms. The third kappa shape index (κ3) is 3.34. The number of carbonyl (C=O) groups is 1. The van der Waals surface area contributed by atoms with Gasteiger partial charge in [0.15, 0.2) is 5.78 Å². The van der Waals surface area contributed by atoms with Crippen molar-refractivity contribution < 1.29 is 14.3 Å². The van der Waals surface area contributed by atoms with Gasteiger partial charge >= 0.3 is 0 Å². The first-order valence-corrected chi connectivity index (χ1v) is 5.98. The van der Waals surface area contributed by atoms with E-state index in [2.05, 4.69) is 4.98 Å². The normalized spacial score (nSPS) is 10.2. The van der Waals surface area contributed by atoms with Crippen molar-refractivity contribution in [1.82, 2.24) is 9.55 Å². The van der Waals surface area contributed by atoms with Gasteiger partial charge in [-0.3, -0.25) is 4.79 Å². The maximum atomic E-state index is 11.5. The van der Waals surface area contributed by atoms with E-state index in [1.807, 2.05) is 10.8 Å². The Morgan fingerprint density at radius 3 is 2.89 bits per heavy atom. The van der Waals surface area contributed by atoms with E-state index in [0.29, 0.717) is 30.2 Å². The highest BCUT2D eigenvalue weighted by atomic mass is 16.5. The number of imidazole rings is 1. The second-order valence-electron chi connectivity index (χ2n) is 4.07. The second-order valence-corrected chi connectivity index (χ2v) is 4.07. The highest BCUT2D eigenvalue weighted by Crippen LogP contribution is 2.25. The lowest BCUT2D eigenvalue weighted by atomic mass is 10.1. The van der Waals surface area contributed by atoms with Gasteiger partial charge in [-0.2, -0.15) is 0 Å². The molecule has 0 saturated heterocycles. The van der Waals surface area contributed by atoms with Crippen molar-refractivity contribution in [3.05, 3.63) is 42.5 Å². The Hall–Kier alpha value is -2.30. The molecule has 0 aliphatic heterocycles. The first-order valence-electron chi connectivity index (χ1n) is 5.98. The second kappa shape index (κ2) is 6.04. The average molecular weight is 260 g/mol. The fourth-order valence-corrected chi connectivity index (χ4v) is 1.72. The van der Waals surface area contributed by atoms with Gasteiger partial charge in [-0.1, -0.05) is 0 Å². The third-order valence-electron chi connectivity index (χ3n) is 2.73. The molecule has 2 rings (SSSR count). The lowest BCUT2D eigenvalue weighted by molar-refractivity contribution is 0.101. The molecular formula is C14H16N2O3. The maximum absolute atomic E-state index is 11.5. The molecule has 5 heteroatoms. The number of Topliss-reactive ketones (excluding diaryl/α,β-unsaturated/α-hetero) is 1. The lowest BCUT2D eigenvalue weighted by Crippen LogP contribution is -2.09. The molecule has 100 valence electrons. The number of benzene rings is 1. The SMILES string of the molecule is COc1ccc(C(C)=O)c(OCCn2ccnc2)c1. The molecule has 0 bridgehead atoms. The van der Waals surface area contributed by atoms with E-state index in [9.17, 15) is 4.79 Å². The Balaban J connectivity index is 2.06. The summed E-state index contributed by atoms with van der Waals surface area (Å²) in [4.78, 5) is 15.5. The van der Waals surface area contributed by atoms with E-state index in [1.165, 1.54) is 6.92 Å². The fraction of sp³-hybridized carbons (Fsp3) is 0.286. The molecule has 5 nitrogen and oxygen atoms in total. The largest absolute Gasteiger partial charge is 0.497 e. The van der Waals surface area contributed by atoms with Crippen LogP contribution in [0.1, 0.15) is 17.3 Å². The van der Waals surface area contributed by atoms with E-state index in [1.54, 1.807) is 37.8 Å². The molecule has 1 aromatic heterocycles. The minimum Gasteiger partial charge on any atom is -0.497 e. The summed E-state index contributed by atoms with van der Waals surface area (Å²) in [6.45, 7) is 2.66. The van der Waals surface area contributed by atoms with Crippen LogP contribution in [0.5, 0.6) is 11.5 Å². The molecule has 0 spiro atoms. The van der Waals surface area contributed by atoms with E-state index < -0.39 is 0 Å². The van der Waals surface area contributed by atoms with Crippen LogP contribution in [0, 0.1) is 0 Å². The quantitative estimate of drug-likeness (QED) is 0.747. The number of ketones is 1. The van der Waals surface area contributed by atoms with Gasteiger partial charge in [-0.25, -0.2) is 4.98 Å². The molecule has 2 aromatic rings. The summed E-state index contributed by atoms with van der Waals surface area (Å²) in [6, 6.07) is 5.19. The van der Waals surface area contributed by atoms with Gasteiger partial charge in [0, 0.05) is 18.5 Å². The number of methoxy groups -OCH3 is 1. The van der Waals surface area contributed by atoms with E-state index in [0.717, 1.165) is 0 Å². The Morgan fingerprint density at radius 2 is 2.26 bits per heavy atom. The fourth-order valence-electron chi connectivity index (χ4n) is 1.72. The van der Waals surface area contributed by atoms with Crippen LogP contribution in [0.3, 0.4) is 0 Å². The summed E-state index contributed by atoms with van der Waals surface area (Å²) in [5, 5.41) is 0. The maximum Gasteiger partial charge on any atom is 0.163 e. The Labute approximate surface area is 111 Å². The minimum atomic E-state index is -0.0275. The van der Waals surface area contributed by atoms with Crippen LogP contribution in [0.15, 0.2) is 36.9 Å². The topological polar surface area (TPSA) is 53.4 Å². The molecule has 0 N–H and O–H groups in total. The summed E-state index contributed by atoms with van der Waals surface area (Å²) in [5.74, 6) is 1.19. The zero-order valence-electron chi connectivity index (χ0n) is 11.0. The van der Waals surface area contributed by atoms with Crippen LogP contribution in [0.25, 0.3) is 0 Å². The first kappa shape index (κ1) is 13.1. The van der Waals surface area contributed by atoms with Gasteiger partial charge in [0.2, 0.25) is 0 Å². The highest BCUT2D eigenvalue weighted by molar-refractivity contribution is 5.97. The predicted octanol–water partition coefficient (Wildman–Crippen LogP) is 2.17. The first-order chi connectivity index (χ1) is 9.20. The number of hydrogen-bond donors (Lipinski definition) is 0. The highest BCUT2D eigenvalue weighted by Gasteiger charge is 2.09. The average Bonchev–Trinajstić information content (AvgIpc) is 2.91. The van der Waals surface area contributed by atoms with E-state index >= 15 is 0 Å². The number of nitrogens with zero attached hydrogens (tertiary/aromatic N) is 2. The van der Waals surface area contributed by atoms with Crippen LogP contribution < -0.4 is 9.47 Å². The molecule has 0 amide bonds. The van der Waals surface area contributed by atoms with Crippen LogP contribution in [-0.4, -0.2) is 29.1 Å². The standard InChI is InChI=1S/C14H16N2O3/c1-11(17)13-4-3-12(18-2)9-14(13)19-8-7-16-6-5-15-10-16/h3-6,9-10H,7-8H2,1-2H3. The molecule has 1 heterocycles. The molecule has 0 unspecified atom stereocenters. The molecule has 1 aromatic carbocycles. The van der Waals surface area contributed by atoms with Gasteiger partial charge in [-0.05, 0) is 19.1 Å². The summed E-state index contributed by atoms with van der Waals surface area (Å²) in [6.07, 6.45) is 5.30. The Bertz CT molecular complexity index is 550. The number of aromatic nitrogens is 2. The van der Waals surface area contributed by atoms with Gasteiger partial charge in [0.1, 0.15) is 18.1 Å². The zero-order chi connectivity index (χ0) is 13.7. The Morgan fingerprint density at radius 1 is 1.42 bits per heavy atom. The van der Waals surface area contributed by atoms with Gasteiger partial charge in [-0.15, -0.1) is 0 Å². The van der Waals surface area contributed by atoms with Gasteiger partial charge in [0.05, 0.1) is 25.5 Å². The van der Waals surface area contributed by atoms with Crippen LogP contribution in [-0.2, 0) is 6.54 Å². The van der Waals surface area contributed by atoms with Crippen molar-refractivity contribution in [2.75, 3.05) is 13.7 Å². The smallest absolute Gasteiger partial charge is 0.163 e. The summed E-state index contributed by atoms with van der Waals surface area (Å²) < 4.78 is 12.7. The van der Waals surface area contributed by atoms with Gasteiger partial charge in [0.25, 0.3) is 0 Å². The summed E-state index contributed by atoms with van der Waals surface area (Å²) in [5.41, 5.74) is 0.562. The van der Waals surface area contributed by atoms with Crippen molar-refractivity contribution in [1.29, 1.82) is 0 Å². The number of rotatable bonds is 6. The predicted molar refractivity (Wildman–Crippen MR) is 70.7 cm³/mol. The van der Waals surface area contributed by atoms with Crippen molar-refractivity contribution >= 4 is 5.78 Å². The third-order valence-corrected chi connectivity index (χ3v) is 2.73. The minimum absolute atomic E-state index is 0.0275. The van der Waals surface area contributed by atoms with Crippen molar-refractivity contribution in [2.24, 2.45) is 0 Å².